The van der Waals surface area contributed by atoms with E-state index in [0.717, 1.165) is 11.4 Å². The van der Waals surface area contributed by atoms with Crippen LogP contribution < -0.4 is 9.64 Å². The highest BCUT2D eigenvalue weighted by molar-refractivity contribution is 7.88. The molecule has 4 rings (SSSR count). The minimum Gasteiger partial charge on any atom is -0.493 e. The summed E-state index contributed by atoms with van der Waals surface area (Å²) >= 11 is 0. The molecule has 2 bridgehead atoms. The summed E-state index contributed by atoms with van der Waals surface area (Å²) in [5.74, 6) is 0.843. The van der Waals surface area contributed by atoms with Crippen LogP contribution in [0.25, 0.3) is 0 Å². The van der Waals surface area contributed by atoms with Crippen molar-refractivity contribution in [1.82, 2.24) is 9.21 Å². The van der Waals surface area contributed by atoms with E-state index in [1.807, 2.05) is 24.3 Å². The smallest absolute Gasteiger partial charge is 0.409 e. The van der Waals surface area contributed by atoms with Crippen molar-refractivity contribution in [3.8, 4) is 5.75 Å². The van der Waals surface area contributed by atoms with Crippen molar-refractivity contribution in [2.45, 2.75) is 37.5 Å². The Morgan fingerprint density at radius 1 is 1.20 bits per heavy atom. The van der Waals surface area contributed by atoms with Crippen LogP contribution in [0.3, 0.4) is 0 Å². The molecule has 0 unspecified atom stereocenters. The first kappa shape index (κ1) is 21.2. The second kappa shape index (κ2) is 7.90. The Bertz CT molecular complexity index is 884. The number of carbonyl (C=O) groups is 1. The maximum atomic E-state index is 11.6. The van der Waals surface area contributed by atoms with Crippen molar-refractivity contribution < 1.29 is 28.2 Å². The molecule has 3 atom stereocenters. The van der Waals surface area contributed by atoms with E-state index < -0.39 is 21.8 Å². The van der Waals surface area contributed by atoms with Crippen LogP contribution in [0.4, 0.5) is 10.5 Å². The predicted octanol–water partition coefficient (Wildman–Crippen LogP) is 1.39. The van der Waals surface area contributed by atoms with Gasteiger partial charge in [0, 0.05) is 44.3 Å². The third-order valence-corrected chi connectivity index (χ3v) is 7.82. The summed E-state index contributed by atoms with van der Waals surface area (Å²) in [7, 11) is -3.14. The number of nitrogens with zero attached hydrogens (tertiary/aromatic N) is 3. The van der Waals surface area contributed by atoms with Gasteiger partial charge in [0.25, 0.3) is 0 Å². The zero-order valence-corrected chi connectivity index (χ0v) is 17.9. The molecule has 3 aliphatic rings. The molecule has 0 aromatic heterocycles. The van der Waals surface area contributed by atoms with Gasteiger partial charge in [0.05, 0.1) is 12.9 Å². The van der Waals surface area contributed by atoms with E-state index in [1.165, 1.54) is 15.5 Å². The molecular formula is C20H29N3O6S. The lowest BCUT2D eigenvalue weighted by atomic mass is 9.89. The third-order valence-electron chi connectivity index (χ3n) is 6.51. The van der Waals surface area contributed by atoms with Crippen molar-refractivity contribution in [3.05, 3.63) is 24.3 Å². The fraction of sp³-hybridized carbons (Fsp3) is 0.650. The first-order chi connectivity index (χ1) is 14.2. The molecule has 166 valence electrons. The molecule has 3 saturated heterocycles. The van der Waals surface area contributed by atoms with Gasteiger partial charge >= 0.3 is 6.09 Å². The number of fused-ring (bicyclic) bond motifs is 2. The summed E-state index contributed by atoms with van der Waals surface area (Å²) < 4.78 is 30.7. The van der Waals surface area contributed by atoms with Gasteiger partial charge in [0.2, 0.25) is 10.0 Å². The van der Waals surface area contributed by atoms with Crippen LogP contribution >= 0.6 is 0 Å². The molecule has 0 aliphatic carbocycles. The molecule has 9 nitrogen and oxygen atoms in total. The van der Waals surface area contributed by atoms with Crippen LogP contribution in [0.5, 0.6) is 5.75 Å². The number of sulfonamides is 1. The molecule has 0 radical (unpaired) electrons. The maximum Gasteiger partial charge on any atom is 0.409 e. The molecule has 0 saturated carbocycles. The van der Waals surface area contributed by atoms with Crippen LogP contribution in [0.15, 0.2) is 24.3 Å². The average molecular weight is 440 g/mol. The topological polar surface area (TPSA) is 111 Å². The number of hydrogen-bond acceptors (Lipinski definition) is 6. The highest BCUT2D eigenvalue weighted by atomic mass is 32.2. The first-order valence-corrected chi connectivity index (χ1v) is 12.2. The number of piperidine rings is 1. The van der Waals surface area contributed by atoms with Gasteiger partial charge in [-0.3, -0.25) is 4.90 Å². The average Bonchev–Trinajstić information content (AvgIpc) is 2.92. The SMILES string of the molecule is CS(=O)(=O)N1CCN(c2ccc(OC[C@@H]3C[C@@H]4CC[C@](O)(C3)N4C(=O)O)cc2)CC1. The molecule has 3 aliphatic heterocycles. The Labute approximate surface area is 176 Å². The summed E-state index contributed by atoms with van der Waals surface area (Å²) in [5, 5.41) is 20.1. The fourth-order valence-electron chi connectivity index (χ4n) is 5.05. The van der Waals surface area contributed by atoms with E-state index in [9.17, 15) is 23.4 Å². The Morgan fingerprint density at radius 3 is 2.43 bits per heavy atom. The summed E-state index contributed by atoms with van der Waals surface area (Å²) in [4.78, 5) is 14.8. The number of carboxylic acid groups (broad SMARTS) is 1. The first-order valence-electron chi connectivity index (χ1n) is 10.3. The van der Waals surface area contributed by atoms with Crippen LogP contribution in [-0.4, -0.2) is 84.7 Å². The fourth-order valence-corrected chi connectivity index (χ4v) is 5.87. The van der Waals surface area contributed by atoms with E-state index in [2.05, 4.69) is 4.90 Å². The van der Waals surface area contributed by atoms with Gasteiger partial charge in [-0.2, -0.15) is 4.31 Å². The predicted molar refractivity (Wildman–Crippen MR) is 111 cm³/mol. The van der Waals surface area contributed by atoms with Crippen molar-refractivity contribution in [2.75, 3.05) is 43.9 Å². The molecule has 1 aromatic carbocycles. The summed E-state index contributed by atoms with van der Waals surface area (Å²) in [5.41, 5.74) is -0.238. The molecular weight excluding hydrogens is 410 g/mol. The van der Waals surface area contributed by atoms with Crippen LogP contribution in [0.1, 0.15) is 25.7 Å². The van der Waals surface area contributed by atoms with Crippen LogP contribution in [-0.2, 0) is 10.0 Å². The summed E-state index contributed by atoms with van der Waals surface area (Å²) in [6.07, 6.45) is 2.48. The number of amides is 1. The monoisotopic (exact) mass is 439 g/mol. The van der Waals surface area contributed by atoms with Gasteiger partial charge in [-0.05, 0) is 49.4 Å². The quantitative estimate of drug-likeness (QED) is 0.713. The van der Waals surface area contributed by atoms with Gasteiger partial charge < -0.3 is 19.8 Å². The van der Waals surface area contributed by atoms with E-state index in [0.29, 0.717) is 58.5 Å². The van der Waals surface area contributed by atoms with Crippen molar-refractivity contribution in [2.24, 2.45) is 5.92 Å². The number of hydrogen-bond donors (Lipinski definition) is 2. The van der Waals surface area contributed by atoms with E-state index in [4.69, 9.17) is 4.74 Å². The molecule has 10 heteroatoms. The number of anilines is 1. The third kappa shape index (κ3) is 4.21. The van der Waals surface area contributed by atoms with Crippen LogP contribution in [0.2, 0.25) is 0 Å². The highest BCUT2D eigenvalue weighted by Crippen LogP contribution is 2.45. The highest BCUT2D eigenvalue weighted by Gasteiger charge is 2.53. The normalized spacial score (nSPS) is 29.8. The van der Waals surface area contributed by atoms with Crippen molar-refractivity contribution in [3.63, 3.8) is 0 Å². The molecule has 1 amide bonds. The molecule has 3 fully saturated rings. The zero-order chi connectivity index (χ0) is 21.5. The standard InChI is InChI=1S/C20H29N3O6S/c1-30(27,28)22-10-8-21(9-11-22)16-2-4-18(5-3-16)29-14-15-12-17-6-7-20(26,13-15)23(17)19(24)25/h2-5,15,17,26H,6-14H2,1H3,(H,24,25)/t15-,17+,20+/m1/s1. The van der Waals surface area contributed by atoms with Gasteiger partial charge in [-0.15, -0.1) is 0 Å². The van der Waals surface area contributed by atoms with Gasteiger partial charge in [-0.1, -0.05) is 0 Å². The number of benzene rings is 1. The molecule has 3 heterocycles. The second-order valence-electron chi connectivity index (χ2n) is 8.59. The minimum atomic E-state index is -3.14. The number of aliphatic hydroxyl groups is 1. The van der Waals surface area contributed by atoms with E-state index in [1.54, 1.807) is 0 Å². The number of piperazine rings is 1. The van der Waals surface area contributed by atoms with Gasteiger partial charge in [0.15, 0.2) is 0 Å². The van der Waals surface area contributed by atoms with Crippen molar-refractivity contribution >= 4 is 21.8 Å². The number of rotatable bonds is 5. The van der Waals surface area contributed by atoms with Gasteiger partial charge in [0.1, 0.15) is 11.5 Å². The summed E-state index contributed by atoms with van der Waals surface area (Å²) in [6, 6.07) is 7.59. The molecule has 30 heavy (non-hydrogen) atoms. The van der Waals surface area contributed by atoms with E-state index >= 15 is 0 Å². The summed E-state index contributed by atoms with van der Waals surface area (Å²) in [6.45, 7) is 2.70. The largest absolute Gasteiger partial charge is 0.493 e. The lowest BCUT2D eigenvalue weighted by molar-refractivity contribution is -0.119. The Balaban J connectivity index is 1.30. The van der Waals surface area contributed by atoms with Gasteiger partial charge in [-0.25, -0.2) is 13.2 Å². The Morgan fingerprint density at radius 2 is 1.87 bits per heavy atom. The minimum absolute atomic E-state index is 0.113. The van der Waals surface area contributed by atoms with Crippen LogP contribution in [0, 0.1) is 5.92 Å². The Hall–Kier alpha value is -2.04. The molecule has 1 aromatic rings. The molecule has 0 spiro atoms. The van der Waals surface area contributed by atoms with Crippen molar-refractivity contribution in [1.29, 1.82) is 0 Å². The second-order valence-corrected chi connectivity index (χ2v) is 10.6. The number of ether oxygens (including phenoxy) is 1. The van der Waals surface area contributed by atoms with E-state index in [-0.39, 0.29) is 12.0 Å². The lowest BCUT2D eigenvalue weighted by Gasteiger charge is -2.42. The lowest BCUT2D eigenvalue weighted by Crippen LogP contribution is -2.55. The Kier molecular flexibility index (Phi) is 5.58. The zero-order valence-electron chi connectivity index (χ0n) is 17.1. The maximum absolute atomic E-state index is 11.6. The molecule has 2 N–H and O–H groups in total.